The molecule has 0 amide bonds. The van der Waals surface area contributed by atoms with Crippen molar-refractivity contribution in [3.63, 3.8) is 0 Å². The Kier molecular flexibility index (Phi) is 2.90. The first-order valence-corrected chi connectivity index (χ1v) is 4.69. The van der Waals surface area contributed by atoms with E-state index in [0.717, 1.165) is 12.8 Å². The fourth-order valence-corrected chi connectivity index (χ4v) is 1.90. The summed E-state index contributed by atoms with van der Waals surface area (Å²) in [5.41, 5.74) is 6.10. The Morgan fingerprint density at radius 3 is 2.18 bits per heavy atom. The van der Waals surface area contributed by atoms with Gasteiger partial charge in [-0.1, -0.05) is 19.3 Å². The summed E-state index contributed by atoms with van der Waals surface area (Å²) >= 11 is 0. The molecule has 1 aliphatic carbocycles. The van der Waals surface area contributed by atoms with E-state index in [2.05, 4.69) is 19.2 Å². The van der Waals surface area contributed by atoms with Crippen molar-refractivity contribution in [3.05, 3.63) is 0 Å². The van der Waals surface area contributed by atoms with Gasteiger partial charge in [-0.2, -0.15) is 0 Å². The maximum absolute atomic E-state index is 6.15. The Morgan fingerprint density at radius 2 is 1.73 bits per heavy atom. The molecule has 1 fully saturated rings. The van der Waals surface area contributed by atoms with Crippen LogP contribution in [0.4, 0.5) is 0 Å². The molecule has 2 nitrogen and oxygen atoms in total. The summed E-state index contributed by atoms with van der Waals surface area (Å²) in [7, 11) is 0. The third-order valence-corrected chi connectivity index (χ3v) is 2.32. The highest BCUT2D eigenvalue weighted by Crippen LogP contribution is 2.23. The van der Waals surface area contributed by atoms with E-state index < -0.39 is 0 Å². The quantitative estimate of drug-likeness (QED) is 0.596. The van der Waals surface area contributed by atoms with Crippen molar-refractivity contribution in [1.29, 1.82) is 0 Å². The van der Waals surface area contributed by atoms with Gasteiger partial charge in [0, 0.05) is 6.04 Å². The number of rotatable bonds is 2. The van der Waals surface area contributed by atoms with Crippen LogP contribution in [0, 0.1) is 0 Å². The van der Waals surface area contributed by atoms with Crippen molar-refractivity contribution in [3.8, 4) is 0 Å². The van der Waals surface area contributed by atoms with E-state index in [4.69, 9.17) is 5.73 Å². The van der Waals surface area contributed by atoms with E-state index in [-0.39, 0.29) is 5.66 Å². The smallest absolute Gasteiger partial charge is 0.0663 e. The van der Waals surface area contributed by atoms with Crippen molar-refractivity contribution in [2.45, 2.75) is 57.7 Å². The van der Waals surface area contributed by atoms with E-state index in [1.807, 2.05) is 0 Å². The molecule has 11 heavy (non-hydrogen) atoms. The monoisotopic (exact) mass is 156 g/mol. The van der Waals surface area contributed by atoms with Crippen molar-refractivity contribution >= 4 is 0 Å². The van der Waals surface area contributed by atoms with E-state index in [1.54, 1.807) is 0 Å². The largest absolute Gasteiger partial charge is 0.313 e. The minimum Gasteiger partial charge on any atom is -0.313 e. The van der Waals surface area contributed by atoms with E-state index >= 15 is 0 Å². The predicted octanol–water partition coefficient (Wildman–Crippen LogP) is 1.60. The minimum absolute atomic E-state index is 0.0492. The van der Waals surface area contributed by atoms with Gasteiger partial charge in [0.2, 0.25) is 0 Å². The molecule has 1 rings (SSSR count). The van der Waals surface area contributed by atoms with Crippen LogP contribution in [-0.2, 0) is 0 Å². The van der Waals surface area contributed by atoms with Gasteiger partial charge in [0.25, 0.3) is 0 Å². The van der Waals surface area contributed by atoms with E-state index in [9.17, 15) is 0 Å². The van der Waals surface area contributed by atoms with Gasteiger partial charge in [-0.15, -0.1) is 0 Å². The van der Waals surface area contributed by atoms with Gasteiger partial charge in [0.1, 0.15) is 0 Å². The molecular weight excluding hydrogens is 136 g/mol. The summed E-state index contributed by atoms with van der Waals surface area (Å²) in [6, 6.07) is 0.512. The van der Waals surface area contributed by atoms with Crippen LogP contribution in [0.25, 0.3) is 0 Å². The highest BCUT2D eigenvalue weighted by molar-refractivity contribution is 4.85. The molecule has 1 aliphatic rings. The van der Waals surface area contributed by atoms with Crippen LogP contribution >= 0.6 is 0 Å². The maximum atomic E-state index is 6.15. The lowest BCUT2D eigenvalue weighted by Crippen LogP contribution is -2.56. The van der Waals surface area contributed by atoms with Crippen LogP contribution in [0.15, 0.2) is 0 Å². The zero-order chi connectivity index (χ0) is 8.32. The molecule has 66 valence electrons. The summed E-state index contributed by atoms with van der Waals surface area (Å²) in [4.78, 5) is 0. The first-order valence-electron chi connectivity index (χ1n) is 4.69. The Bertz CT molecular complexity index is 115. The number of nitrogens with two attached hydrogens (primary N) is 1. The standard InChI is InChI=1S/C9H20N2/c1-8(2)11-9(10)6-4-3-5-7-9/h8,11H,3-7,10H2,1-2H3. The summed E-state index contributed by atoms with van der Waals surface area (Å²) in [6.45, 7) is 4.31. The van der Waals surface area contributed by atoms with E-state index in [0.29, 0.717) is 6.04 Å². The third-order valence-electron chi connectivity index (χ3n) is 2.32. The van der Waals surface area contributed by atoms with Gasteiger partial charge in [-0.3, -0.25) is 5.32 Å². The SMILES string of the molecule is CC(C)NC1(N)CCCCC1. The molecule has 0 atom stereocenters. The van der Waals surface area contributed by atoms with Crippen LogP contribution in [0.5, 0.6) is 0 Å². The molecule has 2 heteroatoms. The average Bonchev–Trinajstić information content (AvgIpc) is 1.85. The molecule has 0 aromatic rings. The fourth-order valence-electron chi connectivity index (χ4n) is 1.90. The van der Waals surface area contributed by atoms with Crippen LogP contribution in [-0.4, -0.2) is 11.7 Å². The molecule has 0 radical (unpaired) electrons. The van der Waals surface area contributed by atoms with Gasteiger partial charge in [0.05, 0.1) is 5.66 Å². The third kappa shape index (κ3) is 2.80. The second-order valence-electron chi connectivity index (χ2n) is 4.02. The second-order valence-corrected chi connectivity index (χ2v) is 4.02. The lowest BCUT2D eigenvalue weighted by Gasteiger charge is -2.36. The summed E-state index contributed by atoms with van der Waals surface area (Å²) in [5, 5.41) is 3.44. The normalized spacial score (nSPS) is 24.0. The van der Waals surface area contributed by atoms with Gasteiger partial charge < -0.3 is 5.73 Å². The average molecular weight is 156 g/mol. The van der Waals surface area contributed by atoms with Crippen molar-refractivity contribution in [2.24, 2.45) is 5.73 Å². The summed E-state index contributed by atoms with van der Waals surface area (Å²) < 4.78 is 0. The molecule has 0 spiro atoms. The Hall–Kier alpha value is -0.0800. The number of hydrogen-bond acceptors (Lipinski definition) is 2. The molecule has 1 saturated carbocycles. The topological polar surface area (TPSA) is 38.0 Å². The van der Waals surface area contributed by atoms with Crippen LogP contribution in [0.1, 0.15) is 46.0 Å². The fraction of sp³-hybridized carbons (Fsp3) is 1.00. The first kappa shape index (κ1) is 9.01. The Balaban J connectivity index is 2.37. The zero-order valence-electron chi connectivity index (χ0n) is 7.69. The van der Waals surface area contributed by atoms with Gasteiger partial charge in [-0.25, -0.2) is 0 Å². The molecular formula is C9H20N2. The molecule has 3 N–H and O–H groups in total. The Morgan fingerprint density at radius 1 is 1.18 bits per heavy atom. The van der Waals surface area contributed by atoms with Gasteiger partial charge in [0.15, 0.2) is 0 Å². The second kappa shape index (κ2) is 3.55. The predicted molar refractivity (Wildman–Crippen MR) is 48.3 cm³/mol. The zero-order valence-corrected chi connectivity index (χ0v) is 7.69. The van der Waals surface area contributed by atoms with Gasteiger partial charge in [-0.05, 0) is 26.7 Å². The molecule has 0 saturated heterocycles. The lowest BCUT2D eigenvalue weighted by atomic mass is 9.89. The minimum atomic E-state index is -0.0492. The van der Waals surface area contributed by atoms with Crippen molar-refractivity contribution < 1.29 is 0 Å². The van der Waals surface area contributed by atoms with E-state index in [1.165, 1.54) is 19.3 Å². The maximum Gasteiger partial charge on any atom is 0.0663 e. The highest BCUT2D eigenvalue weighted by Gasteiger charge is 2.26. The molecule has 0 unspecified atom stereocenters. The lowest BCUT2D eigenvalue weighted by molar-refractivity contribution is 0.223. The van der Waals surface area contributed by atoms with Crippen LogP contribution in [0.2, 0.25) is 0 Å². The molecule has 0 heterocycles. The summed E-state index contributed by atoms with van der Waals surface area (Å²) in [5.74, 6) is 0. The molecule has 0 aromatic carbocycles. The first-order chi connectivity index (χ1) is 5.12. The van der Waals surface area contributed by atoms with Crippen LogP contribution in [0.3, 0.4) is 0 Å². The molecule has 0 bridgehead atoms. The Labute approximate surface area is 69.5 Å². The molecule has 0 aromatic heterocycles. The summed E-state index contributed by atoms with van der Waals surface area (Å²) in [6.07, 6.45) is 6.22. The van der Waals surface area contributed by atoms with Crippen molar-refractivity contribution in [2.75, 3.05) is 0 Å². The molecule has 0 aliphatic heterocycles. The van der Waals surface area contributed by atoms with Gasteiger partial charge >= 0.3 is 0 Å². The van der Waals surface area contributed by atoms with Crippen molar-refractivity contribution in [1.82, 2.24) is 5.32 Å². The van der Waals surface area contributed by atoms with Crippen LogP contribution < -0.4 is 11.1 Å². The highest BCUT2D eigenvalue weighted by atomic mass is 15.1. The number of nitrogens with one attached hydrogen (secondary N) is 1. The number of hydrogen-bond donors (Lipinski definition) is 2.